The Morgan fingerprint density at radius 1 is 0.683 bits per heavy atom. The fraction of sp³-hybridized carbons (Fsp3) is 0.188. The number of carbonyl (C=O) groups excluding carboxylic acids is 2. The summed E-state index contributed by atoms with van der Waals surface area (Å²) in [6.07, 6.45) is 3.77. The van der Waals surface area contributed by atoms with Crippen LogP contribution in [0.4, 0.5) is 0 Å². The minimum absolute atomic E-state index is 0.187. The minimum atomic E-state index is -4.55. The van der Waals surface area contributed by atoms with Gasteiger partial charge < -0.3 is 9.47 Å². The molecule has 4 aromatic carbocycles. The molecule has 41 heavy (non-hydrogen) atoms. The maximum absolute atomic E-state index is 11.3. The van der Waals surface area contributed by atoms with Gasteiger partial charge in [-0.25, -0.2) is 9.59 Å². The van der Waals surface area contributed by atoms with Crippen molar-refractivity contribution in [1.29, 1.82) is 0 Å². The molecule has 0 amide bonds. The van der Waals surface area contributed by atoms with Crippen molar-refractivity contribution < 1.29 is 32.0 Å². The van der Waals surface area contributed by atoms with Crippen LogP contribution in [0.15, 0.2) is 114 Å². The number of esters is 2. The Labute approximate surface area is 242 Å². The molecule has 0 unspecified atom stereocenters. The van der Waals surface area contributed by atoms with Gasteiger partial charge in [0.25, 0.3) is 10.1 Å². The average Bonchev–Trinajstić information content (AvgIpc) is 3.02. The topological polar surface area (TPSA) is 107 Å². The third-order valence-electron chi connectivity index (χ3n) is 6.75. The van der Waals surface area contributed by atoms with Crippen LogP contribution in [0, 0.1) is 0 Å². The second-order valence-corrected chi connectivity index (χ2v) is 14.8. The van der Waals surface area contributed by atoms with Crippen molar-refractivity contribution in [1.82, 2.24) is 0 Å². The third kappa shape index (κ3) is 7.88. The van der Waals surface area contributed by atoms with Gasteiger partial charge in [0.1, 0.15) is 0 Å². The van der Waals surface area contributed by atoms with E-state index in [9.17, 15) is 18.0 Å². The van der Waals surface area contributed by atoms with Gasteiger partial charge in [-0.05, 0) is 18.2 Å². The Bertz CT molecular complexity index is 1410. The molecule has 0 saturated heterocycles. The van der Waals surface area contributed by atoms with Gasteiger partial charge in [-0.3, -0.25) is 4.55 Å². The SMILES string of the molecule is CCCC[PH](c1ccccc1)(c1ccccc1)c1ccccc1.COC(=O)c1cc(C(=O)OC)cc(S(=O)(=O)O)c1. The van der Waals surface area contributed by atoms with Crippen molar-refractivity contribution in [3.8, 4) is 0 Å². The molecule has 216 valence electrons. The van der Waals surface area contributed by atoms with Gasteiger partial charge in [-0.2, -0.15) is 8.42 Å². The number of rotatable bonds is 9. The fourth-order valence-corrected chi connectivity index (χ4v) is 10.3. The zero-order valence-corrected chi connectivity index (χ0v) is 25.1. The Hall–Kier alpha value is -3.84. The second-order valence-electron chi connectivity index (χ2n) is 9.31. The molecule has 0 atom stereocenters. The standard InChI is InChI=1S/C22H25P.C10H10O7S/c1-2-3-19-23(20-13-7-4-8-14-20,21-15-9-5-10-16-21)22-17-11-6-12-18-22;1-16-9(11)6-3-7(10(12)17-2)5-8(4-6)18(13,14)15/h4-18,23H,2-3,19H2,1H3;3-5H,1-2H3,(H,13,14,15). The molecule has 0 aliphatic heterocycles. The summed E-state index contributed by atoms with van der Waals surface area (Å²) in [5.41, 5.74) is -0.374. The van der Waals surface area contributed by atoms with Gasteiger partial charge in [0.2, 0.25) is 0 Å². The van der Waals surface area contributed by atoms with E-state index in [-0.39, 0.29) is 11.1 Å². The van der Waals surface area contributed by atoms with Crippen LogP contribution in [0.2, 0.25) is 0 Å². The van der Waals surface area contributed by atoms with Crippen LogP contribution in [0.5, 0.6) is 0 Å². The van der Waals surface area contributed by atoms with Crippen molar-refractivity contribution in [2.24, 2.45) is 0 Å². The first kappa shape index (κ1) is 31.7. The molecule has 4 rings (SSSR count). The minimum Gasteiger partial charge on any atom is -0.465 e. The van der Waals surface area contributed by atoms with Crippen LogP contribution in [-0.4, -0.2) is 45.3 Å². The molecule has 0 radical (unpaired) electrons. The van der Waals surface area contributed by atoms with Crippen molar-refractivity contribution >= 4 is 45.2 Å². The molecule has 0 aromatic heterocycles. The summed E-state index contributed by atoms with van der Waals surface area (Å²) >= 11 is 0. The van der Waals surface area contributed by atoms with Crippen LogP contribution >= 0.6 is 7.26 Å². The van der Waals surface area contributed by atoms with Crippen LogP contribution in [-0.2, 0) is 19.6 Å². The van der Waals surface area contributed by atoms with Crippen LogP contribution in [0.3, 0.4) is 0 Å². The van der Waals surface area contributed by atoms with Crippen molar-refractivity contribution in [2.75, 3.05) is 20.4 Å². The summed E-state index contributed by atoms with van der Waals surface area (Å²) in [5, 5.41) is 4.56. The Balaban J connectivity index is 0.000000233. The number of methoxy groups -OCH3 is 2. The van der Waals surface area contributed by atoms with E-state index in [1.165, 1.54) is 34.9 Å². The summed E-state index contributed by atoms with van der Waals surface area (Å²) in [6.45, 7) is 2.29. The first-order valence-corrected chi connectivity index (χ1v) is 16.8. The predicted octanol–water partition coefficient (Wildman–Crippen LogP) is 5.02. The van der Waals surface area contributed by atoms with Crippen molar-refractivity contribution in [3.63, 3.8) is 0 Å². The van der Waals surface area contributed by atoms with Gasteiger partial charge >= 0.3 is 152 Å². The van der Waals surface area contributed by atoms with E-state index in [1.807, 2.05) is 0 Å². The van der Waals surface area contributed by atoms with E-state index >= 15 is 0 Å². The normalized spacial score (nSPS) is 11.5. The summed E-state index contributed by atoms with van der Waals surface area (Å²) in [6, 6.07) is 36.4. The molecule has 0 bridgehead atoms. The Morgan fingerprint density at radius 2 is 1.05 bits per heavy atom. The molecule has 0 spiro atoms. The summed E-state index contributed by atoms with van der Waals surface area (Å²) in [4.78, 5) is 22.0. The molecule has 0 aliphatic carbocycles. The molecule has 0 heterocycles. The van der Waals surface area contributed by atoms with Crippen LogP contribution in [0.1, 0.15) is 40.5 Å². The van der Waals surface area contributed by atoms with E-state index in [0.717, 1.165) is 32.4 Å². The maximum atomic E-state index is 11.3. The maximum Gasteiger partial charge on any atom is 0.337 e. The summed E-state index contributed by atoms with van der Waals surface area (Å²) < 4.78 is 39.7. The first-order valence-electron chi connectivity index (χ1n) is 13.1. The van der Waals surface area contributed by atoms with E-state index in [1.54, 1.807) is 0 Å². The molecule has 0 aliphatic rings. The molecular formula is C32H35O7PS. The van der Waals surface area contributed by atoms with E-state index < -0.39 is 34.2 Å². The Kier molecular flexibility index (Phi) is 11.4. The quantitative estimate of drug-likeness (QED) is 0.165. The number of ether oxygens (including phenoxy) is 2. The van der Waals surface area contributed by atoms with Crippen LogP contribution < -0.4 is 15.9 Å². The number of carbonyl (C=O) groups is 2. The third-order valence-corrected chi connectivity index (χ3v) is 12.6. The molecule has 7 nitrogen and oxygen atoms in total. The average molecular weight is 595 g/mol. The van der Waals surface area contributed by atoms with Gasteiger partial charge in [-0.1, -0.05) is 0 Å². The van der Waals surface area contributed by atoms with E-state index in [0.29, 0.717) is 0 Å². The molecule has 1 N–H and O–H groups in total. The van der Waals surface area contributed by atoms with Gasteiger partial charge in [0, 0.05) is 0 Å². The van der Waals surface area contributed by atoms with Gasteiger partial charge in [0.15, 0.2) is 0 Å². The summed E-state index contributed by atoms with van der Waals surface area (Å²) in [7, 11) is -4.30. The molecule has 4 aromatic rings. The largest absolute Gasteiger partial charge is 0.465 e. The molecule has 0 saturated carbocycles. The number of hydrogen-bond donors (Lipinski definition) is 1. The van der Waals surface area contributed by atoms with Crippen molar-refractivity contribution in [3.05, 3.63) is 120 Å². The zero-order chi connectivity index (χ0) is 29.9. The zero-order valence-electron chi connectivity index (χ0n) is 23.3. The van der Waals surface area contributed by atoms with E-state index in [4.69, 9.17) is 4.55 Å². The second kappa shape index (κ2) is 14.7. The fourth-order valence-electron chi connectivity index (χ4n) is 4.76. The Morgan fingerprint density at radius 3 is 1.34 bits per heavy atom. The monoisotopic (exact) mass is 594 g/mol. The van der Waals surface area contributed by atoms with Crippen molar-refractivity contribution in [2.45, 2.75) is 24.7 Å². The van der Waals surface area contributed by atoms with Gasteiger partial charge in [0.05, 0.1) is 30.2 Å². The molecule has 0 fully saturated rings. The summed E-state index contributed by atoms with van der Waals surface area (Å²) in [5.74, 6) is -1.68. The van der Waals surface area contributed by atoms with Crippen LogP contribution in [0.25, 0.3) is 0 Å². The smallest absolute Gasteiger partial charge is 0.337 e. The molecule has 9 heteroatoms. The van der Waals surface area contributed by atoms with E-state index in [2.05, 4.69) is 107 Å². The first-order chi connectivity index (χ1) is 19.7. The van der Waals surface area contributed by atoms with Gasteiger partial charge in [-0.15, -0.1) is 0 Å². The predicted molar refractivity (Wildman–Crippen MR) is 165 cm³/mol. The number of unbranched alkanes of at least 4 members (excludes halogenated alkanes) is 1. The number of hydrogen-bond acceptors (Lipinski definition) is 6. The molecular weight excluding hydrogens is 559 g/mol. The number of benzene rings is 4.